The van der Waals surface area contributed by atoms with Crippen LogP contribution in [0.25, 0.3) is 0 Å². The monoisotopic (exact) mass is 474 g/mol. The van der Waals surface area contributed by atoms with E-state index in [0.29, 0.717) is 11.5 Å². The molecule has 3 heteroatoms. The van der Waals surface area contributed by atoms with Crippen LogP contribution >= 0.6 is 11.8 Å². The summed E-state index contributed by atoms with van der Waals surface area (Å²) in [4.78, 5) is 0. The average molecular weight is 475 g/mol. The first-order chi connectivity index (χ1) is 14.4. The summed E-state index contributed by atoms with van der Waals surface area (Å²) in [5.41, 5.74) is 4.42. The van der Waals surface area contributed by atoms with E-state index in [4.69, 9.17) is 0 Å². The predicted octanol–water partition coefficient (Wildman–Crippen LogP) is 9.71. The Morgan fingerprint density at radius 1 is 0.576 bits per heavy atom. The van der Waals surface area contributed by atoms with Gasteiger partial charge in [0.1, 0.15) is 11.5 Å². The van der Waals surface area contributed by atoms with Gasteiger partial charge in [-0.25, -0.2) is 0 Å². The lowest BCUT2D eigenvalue weighted by molar-refractivity contribution is 0.302. The zero-order valence-corrected chi connectivity index (χ0v) is 24.7. The van der Waals surface area contributed by atoms with Crippen LogP contribution in [0, 0.1) is 21.7 Å². The summed E-state index contributed by atoms with van der Waals surface area (Å²) in [5.74, 6) is 0.928. The number of rotatable bonds is 2. The van der Waals surface area contributed by atoms with E-state index in [1.54, 1.807) is 11.8 Å². The summed E-state index contributed by atoms with van der Waals surface area (Å²) in [6.45, 7) is 30.9. The van der Waals surface area contributed by atoms with E-state index < -0.39 is 9.49 Å². The molecule has 2 rings (SSSR count). The molecule has 2 atom stereocenters. The second-order valence-corrected chi connectivity index (χ2v) is 16.8. The van der Waals surface area contributed by atoms with Crippen LogP contribution in [0.3, 0.4) is 0 Å². The summed E-state index contributed by atoms with van der Waals surface area (Å²) in [6, 6.07) is 0. The first kappa shape index (κ1) is 28.1. The van der Waals surface area contributed by atoms with E-state index in [1.807, 2.05) is 0 Å². The Hall–Kier alpha value is -1.09. The van der Waals surface area contributed by atoms with Crippen LogP contribution in [0.5, 0.6) is 0 Å². The smallest absolute Gasteiger partial charge is 0.112 e. The van der Waals surface area contributed by atoms with Gasteiger partial charge >= 0.3 is 0 Å². The third-order valence-corrected chi connectivity index (χ3v) is 8.77. The minimum absolute atomic E-state index is 0.0113. The highest BCUT2D eigenvalue weighted by Crippen LogP contribution is 2.58. The van der Waals surface area contributed by atoms with E-state index in [-0.39, 0.29) is 21.7 Å². The Balaban J connectivity index is 2.70. The maximum Gasteiger partial charge on any atom is 0.112 e. The maximum absolute atomic E-state index is 11.7. The summed E-state index contributed by atoms with van der Waals surface area (Å²) >= 11 is 1.74. The number of allylic oxidation sites excluding steroid dienone is 6. The Kier molecular flexibility index (Phi) is 7.03. The number of hydrogen-bond donors (Lipinski definition) is 2. The van der Waals surface area contributed by atoms with Gasteiger partial charge in [0.05, 0.1) is 9.49 Å². The first-order valence-electron chi connectivity index (χ1n) is 12.4. The van der Waals surface area contributed by atoms with Crippen LogP contribution in [0.4, 0.5) is 0 Å². The molecule has 0 radical (unpaired) electrons. The maximum atomic E-state index is 11.7. The van der Waals surface area contributed by atoms with Gasteiger partial charge < -0.3 is 10.2 Å². The van der Waals surface area contributed by atoms with Crippen LogP contribution in [-0.2, 0) is 0 Å². The fourth-order valence-electron chi connectivity index (χ4n) is 4.82. The second-order valence-electron chi connectivity index (χ2n) is 14.8. The highest BCUT2D eigenvalue weighted by atomic mass is 32.2. The van der Waals surface area contributed by atoms with Crippen molar-refractivity contribution in [3.8, 4) is 0 Å². The van der Waals surface area contributed by atoms with E-state index in [9.17, 15) is 10.2 Å². The number of thioether (sulfide) groups is 1. The quantitative estimate of drug-likeness (QED) is 0.418. The minimum atomic E-state index is -0.522. The van der Waals surface area contributed by atoms with Crippen LogP contribution in [0.15, 0.2) is 46.0 Å². The second kappa shape index (κ2) is 8.25. The molecule has 188 valence electrons. The van der Waals surface area contributed by atoms with Crippen molar-refractivity contribution in [2.45, 2.75) is 119 Å². The largest absolute Gasteiger partial charge is 0.511 e. The molecule has 2 aliphatic carbocycles. The fraction of sp³-hybridized carbons (Fsp3) is 0.733. The minimum Gasteiger partial charge on any atom is -0.511 e. The molecule has 0 bridgehead atoms. The molecule has 0 aromatic carbocycles. The van der Waals surface area contributed by atoms with Crippen molar-refractivity contribution in [3.05, 3.63) is 46.0 Å². The molecular formula is C30H50O2S. The van der Waals surface area contributed by atoms with Crippen LogP contribution < -0.4 is 0 Å². The summed E-state index contributed by atoms with van der Waals surface area (Å²) in [5, 5.41) is 23.4. The molecule has 0 amide bonds. The third-order valence-electron chi connectivity index (χ3n) is 7.20. The van der Waals surface area contributed by atoms with Gasteiger partial charge in [-0.05, 0) is 59.5 Å². The van der Waals surface area contributed by atoms with Crippen molar-refractivity contribution in [1.29, 1.82) is 0 Å². The van der Waals surface area contributed by atoms with Crippen LogP contribution in [0.2, 0.25) is 0 Å². The topological polar surface area (TPSA) is 40.5 Å². The van der Waals surface area contributed by atoms with Crippen molar-refractivity contribution in [2.24, 2.45) is 21.7 Å². The zero-order valence-electron chi connectivity index (χ0n) is 23.9. The fourth-order valence-corrected chi connectivity index (χ4v) is 6.69. The lowest BCUT2D eigenvalue weighted by atomic mass is 9.71. The van der Waals surface area contributed by atoms with Crippen molar-refractivity contribution in [1.82, 2.24) is 0 Å². The SMILES string of the molecule is CC(C)(C)C1=CC(C(C)(C)C)=C(O)C(C)(SC2(C)CC(C(C)(C)C)=CC(C(C)(C)C)=C2O)C1. The number of aliphatic hydroxyl groups is 2. The number of aliphatic hydroxyl groups excluding tert-OH is 2. The molecule has 2 N–H and O–H groups in total. The normalized spacial score (nSPS) is 28.2. The van der Waals surface area contributed by atoms with Crippen molar-refractivity contribution in [2.75, 3.05) is 0 Å². The molecule has 0 fully saturated rings. The lowest BCUT2D eigenvalue weighted by Gasteiger charge is -2.47. The molecule has 33 heavy (non-hydrogen) atoms. The Labute approximate surface area is 208 Å². The van der Waals surface area contributed by atoms with Gasteiger partial charge in [0.2, 0.25) is 0 Å². The van der Waals surface area contributed by atoms with Gasteiger partial charge in [-0.2, -0.15) is 0 Å². The first-order valence-corrected chi connectivity index (χ1v) is 13.2. The Morgan fingerprint density at radius 2 is 0.848 bits per heavy atom. The van der Waals surface area contributed by atoms with E-state index >= 15 is 0 Å². The number of hydrogen-bond acceptors (Lipinski definition) is 3. The molecule has 0 saturated carbocycles. The molecule has 0 saturated heterocycles. The van der Waals surface area contributed by atoms with Gasteiger partial charge in [-0.15, -0.1) is 11.8 Å². The van der Waals surface area contributed by atoms with E-state index in [0.717, 1.165) is 24.0 Å². The zero-order chi connectivity index (χ0) is 26.0. The van der Waals surface area contributed by atoms with Gasteiger partial charge in [0.25, 0.3) is 0 Å². The summed E-state index contributed by atoms with van der Waals surface area (Å²) in [7, 11) is 0. The Morgan fingerprint density at radius 3 is 1.06 bits per heavy atom. The van der Waals surface area contributed by atoms with Gasteiger partial charge in [-0.3, -0.25) is 0 Å². The molecule has 0 heterocycles. The molecule has 0 spiro atoms. The van der Waals surface area contributed by atoms with E-state index in [1.165, 1.54) is 11.1 Å². The molecule has 2 nitrogen and oxygen atoms in total. The molecule has 2 aliphatic rings. The van der Waals surface area contributed by atoms with Crippen molar-refractivity contribution >= 4 is 11.8 Å². The average Bonchev–Trinajstić information content (AvgIpc) is 2.55. The highest BCUT2D eigenvalue weighted by molar-refractivity contribution is 8.02. The van der Waals surface area contributed by atoms with Crippen molar-refractivity contribution in [3.63, 3.8) is 0 Å². The molecule has 0 aliphatic heterocycles. The molecule has 0 aromatic rings. The predicted molar refractivity (Wildman–Crippen MR) is 147 cm³/mol. The van der Waals surface area contributed by atoms with Gasteiger partial charge in [0.15, 0.2) is 0 Å². The molecule has 0 aromatic heterocycles. The van der Waals surface area contributed by atoms with Crippen LogP contribution in [-0.4, -0.2) is 19.7 Å². The highest BCUT2D eigenvalue weighted by Gasteiger charge is 2.49. The van der Waals surface area contributed by atoms with Crippen molar-refractivity contribution < 1.29 is 10.2 Å². The van der Waals surface area contributed by atoms with Gasteiger partial charge in [-0.1, -0.05) is 106 Å². The lowest BCUT2D eigenvalue weighted by Crippen LogP contribution is -2.41. The standard InChI is InChI=1S/C30H50O2S/c1-25(2,3)19-15-21(27(7,8)9)23(31)29(13,17-19)33-30(14)18-20(26(4,5)6)16-22(24(30)32)28(10,11)12/h15-16,31-32H,17-18H2,1-14H3. The Bertz CT molecular complexity index is 840. The molecule has 2 unspecified atom stereocenters. The summed E-state index contributed by atoms with van der Waals surface area (Å²) < 4.78 is -1.04. The van der Waals surface area contributed by atoms with Gasteiger partial charge in [0, 0.05) is 0 Å². The van der Waals surface area contributed by atoms with E-state index in [2.05, 4.69) is 109 Å². The summed E-state index contributed by atoms with van der Waals surface area (Å²) in [6.07, 6.45) is 6.01. The van der Waals surface area contributed by atoms with Crippen LogP contribution in [0.1, 0.15) is 110 Å². The third kappa shape index (κ3) is 5.77. The molecular weight excluding hydrogens is 424 g/mol.